The van der Waals surface area contributed by atoms with Gasteiger partial charge in [0.25, 0.3) is 10.1 Å². The maximum atomic E-state index is 13.0. The van der Waals surface area contributed by atoms with Crippen molar-refractivity contribution in [2.75, 3.05) is 6.61 Å². The Hall–Kier alpha value is -2.03. The minimum absolute atomic E-state index is 0.0494. The number of carbonyl (C=O) groups is 2. The number of ketones is 1. The van der Waals surface area contributed by atoms with Gasteiger partial charge >= 0.3 is 5.97 Å². The van der Waals surface area contributed by atoms with Crippen molar-refractivity contribution in [1.29, 1.82) is 0 Å². The Kier molecular flexibility index (Phi) is 6.32. The zero-order chi connectivity index (χ0) is 24.9. The zero-order valence-corrected chi connectivity index (χ0v) is 21.1. The number of hydrogen-bond acceptors (Lipinski definition) is 7. The van der Waals surface area contributed by atoms with Gasteiger partial charge in [0.15, 0.2) is 0 Å². The van der Waals surface area contributed by atoms with Crippen molar-refractivity contribution < 1.29 is 32.0 Å². The van der Waals surface area contributed by atoms with E-state index in [0.717, 1.165) is 24.8 Å². The molecule has 1 aliphatic heterocycles. The van der Waals surface area contributed by atoms with Crippen molar-refractivity contribution in [2.45, 2.75) is 81.8 Å². The summed E-state index contributed by atoms with van der Waals surface area (Å²) in [5.41, 5.74) is -1.56. The predicted octanol–water partition coefficient (Wildman–Crippen LogP) is 3.69. The Morgan fingerprint density at radius 2 is 1.88 bits per heavy atom. The van der Waals surface area contributed by atoms with Gasteiger partial charge in [0, 0.05) is 12.3 Å². The van der Waals surface area contributed by atoms with E-state index in [9.17, 15) is 23.1 Å². The summed E-state index contributed by atoms with van der Waals surface area (Å²) in [6, 6.07) is 6.57. The van der Waals surface area contributed by atoms with Crippen molar-refractivity contribution in [3.8, 4) is 0 Å². The summed E-state index contributed by atoms with van der Waals surface area (Å²) < 4.78 is 36.1. The van der Waals surface area contributed by atoms with Gasteiger partial charge in [-0.3, -0.25) is 13.8 Å². The van der Waals surface area contributed by atoms with Crippen LogP contribution in [0.15, 0.2) is 41.3 Å². The van der Waals surface area contributed by atoms with Crippen LogP contribution in [0, 0.1) is 17.3 Å². The number of esters is 1. The molecule has 186 valence electrons. The second-order valence-electron chi connectivity index (χ2n) is 11.0. The van der Waals surface area contributed by atoms with Crippen LogP contribution in [0.3, 0.4) is 0 Å². The van der Waals surface area contributed by atoms with Crippen molar-refractivity contribution in [3.05, 3.63) is 42.0 Å². The molecular weight excluding hydrogens is 456 g/mol. The molecule has 0 aromatic heterocycles. The average Bonchev–Trinajstić information content (AvgIpc) is 2.96. The molecule has 8 heteroatoms. The molecule has 34 heavy (non-hydrogen) atoms. The number of aliphatic hydroxyl groups excluding tert-OH is 1. The highest BCUT2D eigenvalue weighted by atomic mass is 32.2. The molecule has 7 nitrogen and oxygen atoms in total. The Balaban J connectivity index is 1.45. The molecule has 2 aliphatic carbocycles. The summed E-state index contributed by atoms with van der Waals surface area (Å²) in [5.74, 6) is -1.70. The lowest BCUT2D eigenvalue weighted by Crippen LogP contribution is -2.70. The minimum atomic E-state index is -4.00. The standard InChI is InChI=1S/C26H34O7S/c1-24(2,3)18-10-12-19(13-11-18)34(30,31)32-15-14-20-21(27)16-26(23(29)33-25(20,26)4)22(28)17-8-6-5-7-9-17/h6,8,10-13,17,20,22,28H,5,7,9,14-16H2,1-4H3/t17-,20+,22+,25+,26-/m1/s1. The Morgan fingerprint density at radius 3 is 2.44 bits per heavy atom. The van der Waals surface area contributed by atoms with Crippen LogP contribution < -0.4 is 0 Å². The lowest BCUT2D eigenvalue weighted by molar-refractivity contribution is -0.263. The highest BCUT2D eigenvalue weighted by molar-refractivity contribution is 7.86. The van der Waals surface area contributed by atoms with Gasteiger partial charge in [0.05, 0.1) is 23.5 Å². The summed E-state index contributed by atoms with van der Waals surface area (Å²) >= 11 is 0. The van der Waals surface area contributed by atoms with E-state index in [1.54, 1.807) is 19.1 Å². The Bertz CT molecular complexity index is 1100. The highest BCUT2D eigenvalue weighted by Gasteiger charge is 2.78. The molecule has 0 spiro atoms. The molecule has 0 bridgehead atoms. The topological polar surface area (TPSA) is 107 Å². The maximum absolute atomic E-state index is 13.0. The molecule has 0 unspecified atom stereocenters. The van der Waals surface area contributed by atoms with Crippen LogP contribution in [0.25, 0.3) is 0 Å². The third-order valence-corrected chi connectivity index (χ3v) is 9.24. The normalized spacial score (nSPS) is 32.1. The number of Topliss-reactive ketones (excluding diaryl/α,β-unsaturated/α-hetero) is 1. The van der Waals surface area contributed by atoms with Crippen molar-refractivity contribution in [3.63, 3.8) is 0 Å². The summed E-state index contributed by atoms with van der Waals surface area (Å²) in [5, 5.41) is 11.2. The lowest BCUT2D eigenvalue weighted by atomic mass is 9.60. The second kappa shape index (κ2) is 8.57. The largest absolute Gasteiger partial charge is 0.457 e. The lowest BCUT2D eigenvalue weighted by Gasteiger charge is -2.55. The molecule has 5 atom stereocenters. The van der Waals surface area contributed by atoms with Crippen LogP contribution in [-0.4, -0.2) is 43.6 Å². The molecule has 1 N–H and O–H groups in total. The van der Waals surface area contributed by atoms with Crippen molar-refractivity contribution in [1.82, 2.24) is 0 Å². The van der Waals surface area contributed by atoms with Gasteiger partial charge in [-0.2, -0.15) is 8.42 Å². The quantitative estimate of drug-likeness (QED) is 0.353. The van der Waals surface area contributed by atoms with Crippen LogP contribution in [0.5, 0.6) is 0 Å². The molecule has 1 aromatic carbocycles. The number of ether oxygens (including phenoxy) is 1. The number of allylic oxidation sites excluding steroid dienone is 1. The summed E-state index contributed by atoms with van der Waals surface area (Å²) in [6.07, 6.45) is 5.48. The van der Waals surface area contributed by atoms with Gasteiger partial charge in [0.1, 0.15) is 16.8 Å². The van der Waals surface area contributed by atoms with Gasteiger partial charge in [0.2, 0.25) is 0 Å². The fourth-order valence-electron chi connectivity index (χ4n) is 5.75. The Labute approximate surface area is 201 Å². The third kappa shape index (κ3) is 3.93. The number of rotatable bonds is 7. The van der Waals surface area contributed by atoms with E-state index in [1.165, 1.54) is 12.1 Å². The summed E-state index contributed by atoms with van der Waals surface area (Å²) in [6.45, 7) is 7.59. The van der Waals surface area contributed by atoms with Gasteiger partial charge in [-0.05, 0) is 55.7 Å². The number of carbonyl (C=O) groups excluding carboxylic acids is 2. The number of hydrogen-bond donors (Lipinski definition) is 1. The van der Waals surface area contributed by atoms with Crippen LogP contribution in [0.4, 0.5) is 0 Å². The summed E-state index contributed by atoms with van der Waals surface area (Å²) in [4.78, 5) is 25.7. The molecule has 1 heterocycles. The van der Waals surface area contributed by atoms with E-state index in [1.807, 2.05) is 32.9 Å². The van der Waals surface area contributed by atoms with E-state index in [4.69, 9.17) is 8.92 Å². The molecule has 1 saturated carbocycles. The fourth-order valence-corrected chi connectivity index (χ4v) is 6.67. The molecule has 0 amide bonds. The molecule has 1 aromatic rings. The van der Waals surface area contributed by atoms with E-state index < -0.39 is 39.1 Å². The first-order chi connectivity index (χ1) is 15.8. The molecular formula is C26H34O7S. The van der Waals surface area contributed by atoms with E-state index in [0.29, 0.717) is 0 Å². The summed E-state index contributed by atoms with van der Waals surface area (Å²) in [7, 11) is -4.00. The van der Waals surface area contributed by atoms with Crippen LogP contribution >= 0.6 is 0 Å². The van der Waals surface area contributed by atoms with Crippen LogP contribution in [0.1, 0.15) is 65.4 Å². The van der Waals surface area contributed by atoms with Gasteiger partial charge in [-0.25, -0.2) is 0 Å². The van der Waals surface area contributed by atoms with E-state index in [2.05, 4.69) is 0 Å². The fraction of sp³-hybridized carbons (Fsp3) is 0.615. The van der Waals surface area contributed by atoms with Crippen LogP contribution in [-0.2, 0) is 34.0 Å². The van der Waals surface area contributed by atoms with Gasteiger partial charge in [-0.15, -0.1) is 0 Å². The molecule has 0 radical (unpaired) electrons. The third-order valence-electron chi connectivity index (χ3n) is 7.92. The van der Waals surface area contributed by atoms with Crippen LogP contribution in [0.2, 0.25) is 0 Å². The molecule has 4 rings (SSSR count). The molecule has 3 aliphatic rings. The van der Waals surface area contributed by atoms with Gasteiger partial charge < -0.3 is 9.84 Å². The number of aliphatic hydroxyl groups is 1. The number of benzene rings is 1. The first kappa shape index (κ1) is 25.1. The predicted molar refractivity (Wildman–Crippen MR) is 125 cm³/mol. The van der Waals surface area contributed by atoms with Crippen molar-refractivity contribution in [2.24, 2.45) is 17.3 Å². The van der Waals surface area contributed by atoms with E-state index in [-0.39, 0.29) is 41.5 Å². The first-order valence-corrected chi connectivity index (χ1v) is 13.3. The molecule has 1 saturated heterocycles. The van der Waals surface area contributed by atoms with Crippen molar-refractivity contribution >= 4 is 21.9 Å². The second-order valence-corrected chi connectivity index (χ2v) is 12.6. The zero-order valence-electron chi connectivity index (χ0n) is 20.2. The minimum Gasteiger partial charge on any atom is -0.457 e. The SMILES string of the molecule is CC(C)(C)c1ccc(S(=O)(=O)OCC[C@H]2C(=O)C[C@@]3([C@@H](O)[C@@H]4C=CCCC4)C(=O)O[C@@]23C)cc1. The maximum Gasteiger partial charge on any atom is 0.319 e. The van der Waals surface area contributed by atoms with E-state index >= 15 is 0 Å². The first-order valence-electron chi connectivity index (χ1n) is 11.9. The monoisotopic (exact) mass is 490 g/mol. The van der Waals surface area contributed by atoms with Gasteiger partial charge in [-0.1, -0.05) is 45.1 Å². The Morgan fingerprint density at radius 1 is 1.21 bits per heavy atom. The number of fused-ring (bicyclic) bond motifs is 1. The molecule has 2 fully saturated rings. The smallest absolute Gasteiger partial charge is 0.319 e. The average molecular weight is 491 g/mol. The highest BCUT2D eigenvalue weighted by Crippen LogP contribution is 2.62.